The Morgan fingerprint density at radius 2 is 0.520 bits per heavy atom. The first-order valence-corrected chi connectivity index (χ1v) is 8.13. The molecule has 0 bridgehead atoms. The molecule has 25 heavy (non-hydrogen) atoms. The molecule has 0 nitrogen and oxygen atoms in total. The minimum absolute atomic E-state index is 2.77. The molecule has 0 rings (SSSR count). The van der Waals surface area contributed by atoms with E-state index in [2.05, 4.69) is 11.2 Å². The van der Waals surface area contributed by atoms with Crippen LogP contribution in [0.4, 0.5) is 74.3 Å². The van der Waals surface area contributed by atoms with E-state index in [9.17, 15) is 74.3 Å². The van der Waals surface area contributed by atoms with Crippen LogP contribution in [0.5, 0.6) is 0 Å². The van der Waals surface area contributed by atoms with Crippen LogP contribution in [0, 0.1) is 0 Å². The number of rotatable bonds is 3. The van der Waals surface area contributed by atoms with Crippen LogP contribution in [-0.4, -0.2) is 35.5 Å². The first-order chi connectivity index (χ1) is 10.1. The van der Waals surface area contributed by atoms with E-state index in [1.807, 2.05) is 0 Å². The van der Waals surface area contributed by atoms with Gasteiger partial charge >= 0.3 is 127 Å². The molecule has 0 aromatic carbocycles. The van der Waals surface area contributed by atoms with Gasteiger partial charge in [-0.05, 0) is 0 Å². The third kappa shape index (κ3) is 2.13. The minimum atomic E-state index is -14.0. The van der Waals surface area contributed by atoms with Gasteiger partial charge in [0.05, 0.1) is 0 Å². The van der Waals surface area contributed by atoms with Gasteiger partial charge in [-0.1, -0.05) is 0 Å². The van der Waals surface area contributed by atoms with E-state index in [1.54, 1.807) is 0 Å². The predicted molar refractivity (Wildman–Crippen MR) is 48.0 cm³/mol. The number of hydrogen-bond donors (Lipinski definition) is 0. The molecule has 0 amide bonds. The second-order valence-corrected chi connectivity index (χ2v) is 11.0. The second kappa shape index (κ2) is 4.68. The zero-order valence-electron chi connectivity index (χ0n) is 10.3. The van der Waals surface area contributed by atoms with Gasteiger partial charge in [0.1, 0.15) is 0 Å². The SMILES string of the molecule is FC(F)(F)C(F)(F)[P-](F)(F)(Cl)(C(F)(F)C(F)(F)F)C(F)(F)C(F)(F)F. The van der Waals surface area contributed by atoms with E-state index in [4.69, 9.17) is 0 Å². The molecule has 0 aliphatic carbocycles. The van der Waals surface area contributed by atoms with Gasteiger partial charge < -0.3 is 0 Å². The standard InChI is InChI=1S/C6ClF17P/c7-25(23,24,4(17,18)1(8,9)10,5(19,20)2(11,12)13)6(21,22)3(14,15)16/q-1. The summed E-state index contributed by atoms with van der Waals surface area (Å²) in [6, 6.07) is 0. The van der Waals surface area contributed by atoms with Gasteiger partial charge in [-0.2, -0.15) is 0 Å². The average molecular weight is 461 g/mol. The average Bonchev–Trinajstić information content (AvgIpc) is 2.23. The Bertz CT molecular complexity index is 474. The molecule has 0 N–H and O–H groups in total. The van der Waals surface area contributed by atoms with Crippen molar-refractivity contribution in [1.29, 1.82) is 0 Å². The molecule has 0 heterocycles. The second-order valence-electron chi connectivity index (χ2n) is 4.40. The molecule has 0 saturated heterocycles. The Hall–Kier alpha value is -0.470. The summed E-state index contributed by atoms with van der Waals surface area (Å²) < 4.78 is 213. The topological polar surface area (TPSA) is 0 Å². The van der Waals surface area contributed by atoms with Crippen LogP contribution in [0.3, 0.4) is 0 Å². The Morgan fingerprint density at radius 3 is 0.600 bits per heavy atom. The summed E-state index contributed by atoms with van der Waals surface area (Å²) in [6.45, 7) is 0. The maximum atomic E-state index is 13.8. The van der Waals surface area contributed by atoms with Crippen LogP contribution in [0.15, 0.2) is 0 Å². The zero-order chi connectivity index (χ0) is 21.4. The molecular weight excluding hydrogens is 461 g/mol. The van der Waals surface area contributed by atoms with Crippen molar-refractivity contribution in [3.63, 3.8) is 0 Å². The summed E-state index contributed by atoms with van der Waals surface area (Å²) in [4.78, 5) is 0. The van der Waals surface area contributed by atoms with Crippen molar-refractivity contribution in [2.24, 2.45) is 0 Å². The third-order valence-corrected chi connectivity index (χ3v) is 9.09. The molecule has 0 aliphatic heterocycles. The van der Waals surface area contributed by atoms with Crippen LogP contribution in [0.2, 0.25) is 0 Å². The van der Waals surface area contributed by atoms with Crippen molar-refractivity contribution in [2.75, 3.05) is 0 Å². The molecule has 0 saturated carbocycles. The Labute approximate surface area is 128 Å². The van der Waals surface area contributed by atoms with Gasteiger partial charge in [0.2, 0.25) is 0 Å². The monoisotopic (exact) mass is 461 g/mol. The van der Waals surface area contributed by atoms with E-state index >= 15 is 0 Å². The molecular formula is C6ClF17P-. The predicted octanol–water partition coefficient (Wildman–Crippen LogP) is 7.46. The molecule has 156 valence electrons. The van der Waals surface area contributed by atoms with Crippen LogP contribution in [0.25, 0.3) is 0 Å². The van der Waals surface area contributed by atoms with Gasteiger partial charge in [0.15, 0.2) is 0 Å². The molecule has 0 aromatic rings. The Kier molecular flexibility index (Phi) is 4.59. The first kappa shape index (κ1) is 24.5. The van der Waals surface area contributed by atoms with Crippen molar-refractivity contribution >= 4 is 17.2 Å². The van der Waals surface area contributed by atoms with E-state index in [0.29, 0.717) is 0 Å². The van der Waals surface area contributed by atoms with Crippen LogP contribution < -0.4 is 0 Å². The molecule has 0 atom stereocenters. The van der Waals surface area contributed by atoms with Gasteiger partial charge in [0.25, 0.3) is 0 Å². The maximum absolute atomic E-state index is 14.0. The fourth-order valence-corrected chi connectivity index (χ4v) is 4.88. The van der Waals surface area contributed by atoms with E-state index in [1.165, 1.54) is 0 Å². The van der Waals surface area contributed by atoms with Gasteiger partial charge in [-0.25, -0.2) is 0 Å². The van der Waals surface area contributed by atoms with Crippen LogP contribution >= 0.6 is 17.2 Å². The van der Waals surface area contributed by atoms with Crippen LogP contribution in [-0.2, 0) is 0 Å². The third-order valence-electron chi connectivity index (χ3n) is 2.82. The Balaban J connectivity index is 7.87. The summed E-state index contributed by atoms with van der Waals surface area (Å²) in [5.41, 5.74) is -28.0. The number of hydrogen-bond acceptors (Lipinski definition) is 0. The van der Waals surface area contributed by atoms with E-state index in [-0.39, 0.29) is 0 Å². The van der Waals surface area contributed by atoms with Gasteiger partial charge in [-0.15, -0.1) is 0 Å². The molecule has 0 fully saturated rings. The normalized spacial score (nSPS) is 19.4. The van der Waals surface area contributed by atoms with Crippen molar-refractivity contribution < 1.29 is 74.3 Å². The quantitative estimate of drug-likeness (QED) is 0.302. The summed E-state index contributed by atoms with van der Waals surface area (Å²) >= 11 is 2.77. The molecule has 0 aromatic heterocycles. The molecule has 0 radical (unpaired) electrons. The summed E-state index contributed by atoms with van der Waals surface area (Å²) in [5, 5.41) is 0. The number of alkyl halides is 15. The van der Waals surface area contributed by atoms with Crippen LogP contribution in [0.1, 0.15) is 0 Å². The van der Waals surface area contributed by atoms with E-state index < -0.39 is 41.4 Å². The molecule has 0 spiro atoms. The fraction of sp³-hybridized carbons (Fsp3) is 1.00. The van der Waals surface area contributed by atoms with Crippen molar-refractivity contribution in [3.8, 4) is 0 Å². The number of halogens is 18. The van der Waals surface area contributed by atoms with Crippen molar-refractivity contribution in [1.82, 2.24) is 0 Å². The molecule has 0 unspecified atom stereocenters. The van der Waals surface area contributed by atoms with Crippen molar-refractivity contribution in [2.45, 2.75) is 35.5 Å². The fourth-order valence-electron chi connectivity index (χ4n) is 1.34. The van der Waals surface area contributed by atoms with Gasteiger partial charge in [0, 0.05) is 0 Å². The first-order valence-electron chi connectivity index (χ1n) is 4.76. The zero-order valence-corrected chi connectivity index (χ0v) is 11.9. The molecule has 0 aliphatic rings. The summed E-state index contributed by atoms with van der Waals surface area (Å²) in [5.74, 6) is -14.0. The van der Waals surface area contributed by atoms with Crippen molar-refractivity contribution in [3.05, 3.63) is 0 Å². The Morgan fingerprint density at radius 1 is 0.400 bits per heavy atom. The molecule has 19 heteroatoms. The summed E-state index contributed by atoms with van der Waals surface area (Å²) in [7, 11) is 0. The summed E-state index contributed by atoms with van der Waals surface area (Å²) in [6.07, 6.45) is -25.4. The van der Waals surface area contributed by atoms with E-state index in [0.717, 1.165) is 0 Å². The van der Waals surface area contributed by atoms with Gasteiger partial charge in [-0.3, -0.25) is 0 Å².